The number of benzene rings is 3. The summed E-state index contributed by atoms with van der Waals surface area (Å²) < 4.78 is 2.09. The summed E-state index contributed by atoms with van der Waals surface area (Å²) in [6.07, 6.45) is 0.851. The third kappa shape index (κ3) is 2.67. The Bertz CT molecular complexity index is 977. The Morgan fingerprint density at radius 3 is 2.00 bits per heavy atom. The molecule has 116 valence electrons. The van der Waals surface area contributed by atoms with Crippen molar-refractivity contribution in [2.45, 2.75) is 13.3 Å². The van der Waals surface area contributed by atoms with E-state index in [1.54, 1.807) is 0 Å². The minimum Gasteiger partial charge on any atom is -0.0622 e. The number of hydrogen-bond acceptors (Lipinski definition) is 1. The molecule has 0 unspecified atom stereocenters. The SMILES string of the molecule is Cc1n[n+](-c2ccccc2)c(Cc2ccccc2)c2ccccc12. The van der Waals surface area contributed by atoms with Crippen molar-refractivity contribution in [2.75, 3.05) is 0 Å². The van der Waals surface area contributed by atoms with Gasteiger partial charge in [-0.1, -0.05) is 66.7 Å². The van der Waals surface area contributed by atoms with Crippen molar-refractivity contribution in [3.05, 3.63) is 102 Å². The molecule has 0 radical (unpaired) electrons. The second-order valence-corrected chi connectivity index (χ2v) is 5.99. The van der Waals surface area contributed by atoms with Crippen molar-refractivity contribution in [3.63, 3.8) is 0 Å². The third-order valence-corrected chi connectivity index (χ3v) is 4.35. The zero-order valence-corrected chi connectivity index (χ0v) is 13.7. The molecule has 0 aliphatic heterocycles. The fourth-order valence-corrected chi connectivity index (χ4v) is 3.17. The highest BCUT2D eigenvalue weighted by Gasteiger charge is 2.21. The molecule has 0 bridgehead atoms. The van der Waals surface area contributed by atoms with E-state index in [9.17, 15) is 0 Å². The summed E-state index contributed by atoms with van der Waals surface area (Å²) in [6.45, 7) is 2.08. The third-order valence-electron chi connectivity index (χ3n) is 4.35. The maximum Gasteiger partial charge on any atom is 0.238 e. The van der Waals surface area contributed by atoms with E-state index >= 15 is 0 Å². The van der Waals surface area contributed by atoms with E-state index in [1.165, 1.54) is 22.0 Å². The van der Waals surface area contributed by atoms with E-state index in [0.29, 0.717) is 0 Å². The topological polar surface area (TPSA) is 16.8 Å². The molecular weight excluding hydrogens is 292 g/mol. The van der Waals surface area contributed by atoms with Gasteiger partial charge in [-0.3, -0.25) is 0 Å². The molecule has 0 N–H and O–H groups in total. The lowest BCUT2D eigenvalue weighted by Crippen LogP contribution is -2.41. The smallest absolute Gasteiger partial charge is 0.0622 e. The van der Waals surface area contributed by atoms with Gasteiger partial charge in [0.05, 0.1) is 11.8 Å². The van der Waals surface area contributed by atoms with E-state index < -0.39 is 0 Å². The summed E-state index contributed by atoms with van der Waals surface area (Å²) in [6, 6.07) is 29.5. The lowest BCUT2D eigenvalue weighted by Gasteiger charge is -2.08. The van der Waals surface area contributed by atoms with Gasteiger partial charge >= 0.3 is 0 Å². The van der Waals surface area contributed by atoms with Crippen LogP contribution in [0.25, 0.3) is 16.5 Å². The molecule has 24 heavy (non-hydrogen) atoms. The van der Waals surface area contributed by atoms with Crippen LogP contribution >= 0.6 is 0 Å². The lowest BCUT2D eigenvalue weighted by atomic mass is 10.0. The predicted molar refractivity (Wildman–Crippen MR) is 97.3 cm³/mol. The van der Waals surface area contributed by atoms with Crippen LogP contribution in [0.1, 0.15) is 17.0 Å². The normalized spacial score (nSPS) is 10.9. The molecule has 4 rings (SSSR count). The van der Waals surface area contributed by atoms with E-state index in [1.807, 2.05) is 6.07 Å². The number of hydrogen-bond donors (Lipinski definition) is 0. The Morgan fingerprint density at radius 1 is 0.708 bits per heavy atom. The number of para-hydroxylation sites is 1. The Balaban J connectivity index is 1.99. The first-order valence-corrected chi connectivity index (χ1v) is 8.23. The summed E-state index contributed by atoms with van der Waals surface area (Å²) in [7, 11) is 0. The van der Waals surface area contributed by atoms with Crippen molar-refractivity contribution >= 4 is 10.8 Å². The van der Waals surface area contributed by atoms with Gasteiger partial charge in [0.1, 0.15) is 5.69 Å². The van der Waals surface area contributed by atoms with Crippen LogP contribution in [0.3, 0.4) is 0 Å². The molecule has 4 aromatic rings. The molecule has 2 heteroatoms. The average molecular weight is 311 g/mol. The predicted octanol–water partition coefficient (Wildman–Crippen LogP) is 4.41. The highest BCUT2D eigenvalue weighted by molar-refractivity contribution is 5.85. The first-order chi connectivity index (χ1) is 11.8. The standard InChI is InChI=1S/C22H19N2/c1-17-20-14-8-9-15-21(20)22(16-18-10-4-2-5-11-18)24(23-17)19-12-6-3-7-13-19/h2-15H,16H2,1H3/q+1. The van der Waals surface area contributed by atoms with Gasteiger partial charge in [0.2, 0.25) is 11.4 Å². The first kappa shape index (κ1) is 14.6. The summed E-state index contributed by atoms with van der Waals surface area (Å²) in [5, 5.41) is 7.36. The zero-order chi connectivity index (χ0) is 16.4. The molecule has 2 nitrogen and oxygen atoms in total. The second kappa shape index (κ2) is 6.25. The maximum absolute atomic E-state index is 4.88. The Kier molecular flexibility index (Phi) is 3.80. The summed E-state index contributed by atoms with van der Waals surface area (Å²) in [5.74, 6) is 0. The highest BCUT2D eigenvalue weighted by Crippen LogP contribution is 2.21. The van der Waals surface area contributed by atoms with Crippen LogP contribution in [-0.4, -0.2) is 5.10 Å². The summed E-state index contributed by atoms with van der Waals surface area (Å²) in [5.41, 5.74) is 4.65. The molecule has 0 aliphatic rings. The molecular formula is C22H19N2+. The first-order valence-electron chi connectivity index (χ1n) is 8.23. The van der Waals surface area contributed by atoms with Gasteiger partial charge in [0, 0.05) is 22.6 Å². The van der Waals surface area contributed by atoms with Crippen LogP contribution in [0.4, 0.5) is 0 Å². The Morgan fingerprint density at radius 2 is 1.29 bits per heavy atom. The minimum atomic E-state index is 0.851. The van der Waals surface area contributed by atoms with Crippen LogP contribution < -0.4 is 4.68 Å². The fraction of sp³-hybridized carbons (Fsp3) is 0.0909. The average Bonchev–Trinajstić information content (AvgIpc) is 2.65. The molecule has 3 aromatic carbocycles. The zero-order valence-electron chi connectivity index (χ0n) is 13.7. The van der Waals surface area contributed by atoms with Crippen LogP contribution in [-0.2, 0) is 6.42 Å². The molecule has 0 saturated carbocycles. The molecule has 0 saturated heterocycles. The van der Waals surface area contributed by atoms with Gasteiger partial charge in [-0.05, 0) is 23.2 Å². The molecule has 0 atom stereocenters. The summed E-state index contributed by atoms with van der Waals surface area (Å²) in [4.78, 5) is 0. The van der Waals surface area contributed by atoms with Crippen molar-refractivity contribution in [2.24, 2.45) is 0 Å². The van der Waals surface area contributed by atoms with Gasteiger partial charge in [-0.15, -0.1) is 0 Å². The van der Waals surface area contributed by atoms with Crippen LogP contribution in [0.15, 0.2) is 84.9 Å². The molecule has 0 aliphatic carbocycles. The monoisotopic (exact) mass is 311 g/mol. The molecule has 0 amide bonds. The lowest BCUT2D eigenvalue weighted by molar-refractivity contribution is -0.666. The van der Waals surface area contributed by atoms with Crippen LogP contribution in [0.5, 0.6) is 0 Å². The van der Waals surface area contributed by atoms with Crippen molar-refractivity contribution in [1.29, 1.82) is 0 Å². The molecule has 0 spiro atoms. The number of aryl methyl sites for hydroxylation is 1. The van der Waals surface area contributed by atoms with E-state index in [2.05, 4.69) is 90.5 Å². The van der Waals surface area contributed by atoms with Crippen molar-refractivity contribution < 1.29 is 4.68 Å². The minimum absolute atomic E-state index is 0.851. The highest BCUT2D eigenvalue weighted by atomic mass is 15.3. The second-order valence-electron chi connectivity index (χ2n) is 5.99. The maximum atomic E-state index is 4.88. The molecule has 0 fully saturated rings. The van der Waals surface area contributed by atoms with Crippen molar-refractivity contribution in [3.8, 4) is 5.69 Å². The van der Waals surface area contributed by atoms with Crippen molar-refractivity contribution in [1.82, 2.24) is 5.10 Å². The van der Waals surface area contributed by atoms with Gasteiger partial charge < -0.3 is 0 Å². The van der Waals surface area contributed by atoms with Gasteiger partial charge in [-0.2, -0.15) is 0 Å². The van der Waals surface area contributed by atoms with Gasteiger partial charge in [-0.25, -0.2) is 0 Å². The van der Waals surface area contributed by atoms with Gasteiger partial charge in [0.15, 0.2) is 0 Å². The number of nitrogens with zero attached hydrogens (tertiary/aromatic N) is 2. The number of rotatable bonds is 3. The molecule has 1 heterocycles. The quantitative estimate of drug-likeness (QED) is 0.512. The van der Waals surface area contributed by atoms with Gasteiger partial charge in [0.25, 0.3) is 0 Å². The van der Waals surface area contributed by atoms with E-state index in [-0.39, 0.29) is 0 Å². The largest absolute Gasteiger partial charge is 0.238 e. The Labute approximate surface area is 142 Å². The van der Waals surface area contributed by atoms with Crippen LogP contribution in [0.2, 0.25) is 0 Å². The fourth-order valence-electron chi connectivity index (χ4n) is 3.17. The Hall–Kier alpha value is -3.00. The number of aromatic nitrogens is 2. The number of fused-ring (bicyclic) bond motifs is 1. The van der Waals surface area contributed by atoms with E-state index in [4.69, 9.17) is 5.10 Å². The summed E-state index contributed by atoms with van der Waals surface area (Å²) >= 11 is 0. The molecule has 1 aromatic heterocycles. The van der Waals surface area contributed by atoms with Crippen LogP contribution in [0, 0.1) is 6.92 Å². The van der Waals surface area contributed by atoms with E-state index in [0.717, 1.165) is 17.8 Å².